The average Bonchev–Trinajstić information content (AvgIpc) is 3.09. The number of esters is 1. The highest BCUT2D eigenvalue weighted by atomic mass is 16.5. The molecule has 1 heterocycles. The van der Waals surface area contributed by atoms with Gasteiger partial charge in [-0.15, -0.1) is 0 Å². The van der Waals surface area contributed by atoms with Crippen LogP contribution < -0.4 is 9.30 Å². The smallest absolute Gasteiger partial charge is 0.305 e. The van der Waals surface area contributed by atoms with Gasteiger partial charge < -0.3 is 9.47 Å². The molecule has 0 unspecified atom stereocenters. The number of methoxy groups -OCH3 is 1. The lowest BCUT2D eigenvalue weighted by molar-refractivity contribution is -0.682. The van der Waals surface area contributed by atoms with Crippen molar-refractivity contribution in [2.75, 3.05) is 13.7 Å². The van der Waals surface area contributed by atoms with Crippen molar-refractivity contribution >= 4 is 11.8 Å². The van der Waals surface area contributed by atoms with Crippen molar-refractivity contribution in [3.63, 3.8) is 0 Å². The Morgan fingerprint density at radius 2 is 1.88 bits per heavy atom. The van der Waals surface area contributed by atoms with Gasteiger partial charge in [0.25, 0.3) is 0 Å². The Morgan fingerprint density at radius 1 is 1.12 bits per heavy atom. The number of aryl methyl sites for hydroxylation is 1. The number of imidazole rings is 1. The highest BCUT2D eigenvalue weighted by Crippen LogP contribution is 2.11. The third-order valence-electron chi connectivity index (χ3n) is 4.09. The molecule has 1 aromatic carbocycles. The van der Waals surface area contributed by atoms with Crippen LogP contribution in [0.15, 0.2) is 43.0 Å². The highest BCUT2D eigenvalue weighted by Gasteiger charge is 2.12. The molecule has 0 saturated heterocycles. The monoisotopic (exact) mass is 359 g/mol. The Kier molecular flexibility index (Phi) is 7.86. The molecule has 0 saturated carbocycles. The zero-order valence-corrected chi connectivity index (χ0v) is 15.5. The van der Waals surface area contributed by atoms with Crippen molar-refractivity contribution in [3.05, 3.63) is 48.5 Å². The summed E-state index contributed by atoms with van der Waals surface area (Å²) >= 11 is 0. The van der Waals surface area contributed by atoms with Crippen LogP contribution in [0.3, 0.4) is 0 Å². The third-order valence-corrected chi connectivity index (χ3v) is 4.09. The molecule has 0 aliphatic carbocycles. The topological polar surface area (TPSA) is 61.4 Å². The minimum absolute atomic E-state index is 0.0600. The van der Waals surface area contributed by atoms with Crippen molar-refractivity contribution < 1.29 is 23.6 Å². The predicted octanol–water partition coefficient (Wildman–Crippen LogP) is 2.79. The molecule has 0 atom stereocenters. The lowest BCUT2D eigenvalue weighted by Gasteiger charge is -2.02. The van der Waals surface area contributed by atoms with Gasteiger partial charge in [0.2, 0.25) is 12.1 Å². The second-order valence-corrected chi connectivity index (χ2v) is 6.09. The van der Waals surface area contributed by atoms with Gasteiger partial charge in [0, 0.05) is 12.0 Å². The average molecular weight is 359 g/mol. The van der Waals surface area contributed by atoms with E-state index in [9.17, 15) is 9.59 Å². The van der Waals surface area contributed by atoms with E-state index in [1.165, 1.54) is 0 Å². The van der Waals surface area contributed by atoms with Gasteiger partial charge in [-0.3, -0.25) is 9.59 Å². The molecule has 0 aliphatic heterocycles. The first-order valence-electron chi connectivity index (χ1n) is 9.00. The van der Waals surface area contributed by atoms with E-state index in [0.717, 1.165) is 31.6 Å². The van der Waals surface area contributed by atoms with Crippen molar-refractivity contribution in [1.29, 1.82) is 0 Å². The maximum atomic E-state index is 12.3. The van der Waals surface area contributed by atoms with E-state index in [-0.39, 0.29) is 11.8 Å². The molecule has 0 amide bonds. The summed E-state index contributed by atoms with van der Waals surface area (Å²) in [6.07, 6.45) is 9.09. The summed E-state index contributed by atoms with van der Waals surface area (Å²) in [6.45, 7) is 3.44. The fourth-order valence-corrected chi connectivity index (χ4v) is 2.67. The van der Waals surface area contributed by atoms with Crippen molar-refractivity contribution in [2.24, 2.45) is 0 Å². The quantitative estimate of drug-likeness (QED) is 0.268. The highest BCUT2D eigenvalue weighted by molar-refractivity contribution is 5.95. The minimum atomic E-state index is -0.122. The molecule has 0 N–H and O–H groups in total. The molecule has 2 rings (SSSR count). The Balaban J connectivity index is 1.73. The first-order valence-corrected chi connectivity index (χ1v) is 9.00. The number of benzene rings is 1. The van der Waals surface area contributed by atoms with Gasteiger partial charge in [-0.25, -0.2) is 9.13 Å². The standard InChI is InChI=1S/C20H27N2O4/c1-3-26-20(24)7-5-4-6-12-21-13-14-22(16-21)15-19(23)17-8-10-18(25-2)11-9-17/h8-11,13-14,16H,3-7,12,15H2,1-2H3/q+1. The van der Waals surface area contributed by atoms with Crippen LogP contribution in [-0.2, 0) is 22.6 Å². The molecule has 1 aromatic heterocycles. The van der Waals surface area contributed by atoms with Gasteiger partial charge in [-0.2, -0.15) is 0 Å². The van der Waals surface area contributed by atoms with Crippen molar-refractivity contribution in [3.8, 4) is 5.75 Å². The van der Waals surface area contributed by atoms with Crippen molar-refractivity contribution in [2.45, 2.75) is 45.7 Å². The summed E-state index contributed by atoms with van der Waals surface area (Å²) < 4.78 is 14.0. The van der Waals surface area contributed by atoms with Crippen LogP contribution in [0.1, 0.15) is 43.0 Å². The summed E-state index contributed by atoms with van der Waals surface area (Å²) in [5.74, 6) is 0.677. The van der Waals surface area contributed by atoms with Crippen molar-refractivity contribution in [1.82, 2.24) is 4.57 Å². The molecule has 0 fully saturated rings. The van der Waals surface area contributed by atoms with Crippen LogP contribution in [0.2, 0.25) is 0 Å². The number of hydrogen-bond acceptors (Lipinski definition) is 4. The summed E-state index contributed by atoms with van der Waals surface area (Å²) in [5.41, 5.74) is 0.671. The minimum Gasteiger partial charge on any atom is -0.497 e. The molecule has 0 spiro atoms. The van der Waals surface area contributed by atoms with Crippen LogP contribution in [0.4, 0.5) is 0 Å². The second kappa shape index (κ2) is 10.4. The number of carbonyl (C=O) groups is 2. The van der Waals surface area contributed by atoms with Gasteiger partial charge in [0.1, 0.15) is 18.1 Å². The lowest BCUT2D eigenvalue weighted by atomic mass is 10.1. The number of ether oxygens (including phenoxy) is 2. The first kappa shape index (κ1) is 19.7. The molecule has 6 nitrogen and oxygen atoms in total. The Bertz CT molecular complexity index is 707. The molecular weight excluding hydrogens is 332 g/mol. The summed E-state index contributed by atoms with van der Waals surface area (Å²) in [7, 11) is 1.60. The van der Waals surface area contributed by atoms with E-state index >= 15 is 0 Å². The van der Waals surface area contributed by atoms with Gasteiger partial charge in [-0.05, 0) is 50.5 Å². The van der Waals surface area contributed by atoms with Gasteiger partial charge in [-0.1, -0.05) is 0 Å². The number of nitrogens with zero attached hydrogens (tertiary/aromatic N) is 2. The van der Waals surface area contributed by atoms with Crippen LogP contribution in [0.25, 0.3) is 0 Å². The molecule has 0 bridgehead atoms. The number of Topliss-reactive ketones (excluding diaryl/α,β-unsaturated/α-hetero) is 1. The summed E-state index contributed by atoms with van der Waals surface area (Å²) in [4.78, 5) is 23.6. The Morgan fingerprint density at radius 3 is 2.58 bits per heavy atom. The fraction of sp³-hybridized carbons (Fsp3) is 0.450. The molecule has 6 heteroatoms. The largest absolute Gasteiger partial charge is 0.497 e. The summed E-state index contributed by atoms with van der Waals surface area (Å²) in [5, 5.41) is 0. The zero-order chi connectivity index (χ0) is 18.8. The van der Waals surface area contributed by atoms with Crippen LogP contribution in [-0.4, -0.2) is 30.0 Å². The molecule has 140 valence electrons. The van der Waals surface area contributed by atoms with Crippen LogP contribution in [0.5, 0.6) is 5.75 Å². The summed E-state index contributed by atoms with van der Waals surface area (Å²) in [6, 6.07) is 7.14. The lowest BCUT2D eigenvalue weighted by Crippen LogP contribution is -2.35. The van der Waals surface area contributed by atoms with Crippen LogP contribution in [0, 0.1) is 0 Å². The van der Waals surface area contributed by atoms with E-state index < -0.39 is 0 Å². The molecule has 26 heavy (non-hydrogen) atoms. The van der Waals surface area contributed by atoms with Gasteiger partial charge in [0.15, 0.2) is 6.54 Å². The van der Waals surface area contributed by atoms with E-state index in [0.29, 0.717) is 25.1 Å². The number of rotatable bonds is 11. The van der Waals surface area contributed by atoms with Gasteiger partial charge in [0.05, 0.1) is 20.3 Å². The Hall–Kier alpha value is -2.63. The maximum absolute atomic E-state index is 12.3. The number of ketones is 1. The fourth-order valence-electron chi connectivity index (χ4n) is 2.67. The zero-order valence-electron chi connectivity index (χ0n) is 15.5. The first-order chi connectivity index (χ1) is 12.6. The third kappa shape index (κ3) is 6.35. The van der Waals surface area contributed by atoms with E-state index in [2.05, 4.69) is 4.57 Å². The van der Waals surface area contributed by atoms with E-state index in [4.69, 9.17) is 9.47 Å². The number of hydrogen-bond donors (Lipinski definition) is 0. The normalized spacial score (nSPS) is 10.5. The van der Waals surface area contributed by atoms with E-state index in [1.807, 2.05) is 30.2 Å². The number of unbranched alkanes of at least 4 members (excludes halogenated alkanes) is 2. The maximum Gasteiger partial charge on any atom is 0.305 e. The van der Waals surface area contributed by atoms with Crippen LogP contribution >= 0.6 is 0 Å². The molecule has 2 aromatic rings. The predicted molar refractivity (Wildman–Crippen MR) is 97.1 cm³/mol. The number of carbonyl (C=O) groups excluding carboxylic acids is 2. The SMILES string of the molecule is CCOC(=O)CCCCCn1cc[n+](CC(=O)c2ccc(OC)cc2)c1. The number of aromatic nitrogens is 2. The Labute approximate surface area is 154 Å². The molecule has 0 radical (unpaired) electrons. The van der Waals surface area contributed by atoms with Gasteiger partial charge >= 0.3 is 5.97 Å². The molecule has 0 aliphatic rings. The second-order valence-electron chi connectivity index (χ2n) is 6.09. The molecular formula is C20H27N2O4+. The van der Waals surface area contributed by atoms with E-state index in [1.54, 1.807) is 31.4 Å².